The van der Waals surface area contributed by atoms with Gasteiger partial charge in [0.1, 0.15) is 5.82 Å². The summed E-state index contributed by atoms with van der Waals surface area (Å²) in [4.78, 5) is 4.63. The molecule has 1 unspecified atom stereocenters. The van der Waals surface area contributed by atoms with E-state index in [2.05, 4.69) is 23.8 Å². The van der Waals surface area contributed by atoms with Gasteiger partial charge in [-0.25, -0.2) is 4.39 Å². The molecule has 0 amide bonds. The molecule has 1 N–H and O–H groups in total. The third kappa shape index (κ3) is 3.13. The summed E-state index contributed by atoms with van der Waals surface area (Å²) in [5.41, 5.74) is 2.29. The first-order valence-corrected chi connectivity index (χ1v) is 7.33. The first-order valence-electron chi connectivity index (χ1n) is 7.33. The van der Waals surface area contributed by atoms with Crippen LogP contribution in [0.15, 0.2) is 12.1 Å². The number of rotatable bonds is 2. The zero-order valence-corrected chi connectivity index (χ0v) is 12.9. The maximum Gasteiger partial charge on any atom is 0.126 e. The van der Waals surface area contributed by atoms with Crippen molar-refractivity contribution in [3.63, 3.8) is 0 Å². The summed E-state index contributed by atoms with van der Waals surface area (Å²) in [6, 6.07) is 3.71. The van der Waals surface area contributed by atoms with Gasteiger partial charge in [-0.15, -0.1) is 0 Å². The standard InChI is InChI=1S/C16H25FN2O/c1-11-8-16(14(13(3)20)9-15(11)17)19-7-5-6-18(4)10-12(19)2/h8-9,12-13,20H,5-7,10H2,1-4H3/t12?,13-/m1/s1. The molecular weight excluding hydrogens is 255 g/mol. The van der Waals surface area contributed by atoms with Gasteiger partial charge < -0.3 is 14.9 Å². The summed E-state index contributed by atoms with van der Waals surface area (Å²) in [6.45, 7) is 8.66. The topological polar surface area (TPSA) is 26.7 Å². The minimum absolute atomic E-state index is 0.246. The van der Waals surface area contributed by atoms with Crippen molar-refractivity contribution in [2.24, 2.45) is 0 Å². The number of hydrogen-bond acceptors (Lipinski definition) is 3. The second kappa shape index (κ2) is 6.10. The number of nitrogens with zero attached hydrogens (tertiary/aromatic N) is 2. The Kier molecular flexibility index (Phi) is 4.66. The van der Waals surface area contributed by atoms with E-state index in [1.807, 2.05) is 6.07 Å². The van der Waals surface area contributed by atoms with E-state index in [-0.39, 0.29) is 5.82 Å². The maximum absolute atomic E-state index is 13.8. The van der Waals surface area contributed by atoms with Crippen LogP contribution >= 0.6 is 0 Å². The van der Waals surface area contributed by atoms with E-state index in [0.717, 1.165) is 31.7 Å². The number of anilines is 1. The number of benzene rings is 1. The lowest BCUT2D eigenvalue weighted by Crippen LogP contribution is -2.38. The molecule has 0 aromatic heterocycles. The Morgan fingerprint density at radius 2 is 2.05 bits per heavy atom. The first-order chi connectivity index (χ1) is 9.40. The lowest BCUT2D eigenvalue weighted by atomic mass is 10.0. The van der Waals surface area contributed by atoms with E-state index in [1.54, 1.807) is 13.8 Å². The van der Waals surface area contributed by atoms with Crippen LogP contribution in [0.5, 0.6) is 0 Å². The molecule has 1 heterocycles. The molecule has 2 atom stereocenters. The number of aliphatic hydroxyl groups excluding tert-OH is 1. The Bertz CT molecular complexity index is 476. The number of hydrogen-bond donors (Lipinski definition) is 1. The molecule has 112 valence electrons. The highest BCUT2D eigenvalue weighted by Gasteiger charge is 2.24. The van der Waals surface area contributed by atoms with Crippen molar-refractivity contribution in [1.29, 1.82) is 0 Å². The molecule has 1 aliphatic rings. The molecule has 4 heteroatoms. The number of aliphatic hydroxyl groups is 1. The van der Waals surface area contributed by atoms with Crippen LogP contribution in [0.25, 0.3) is 0 Å². The minimum atomic E-state index is -0.659. The van der Waals surface area contributed by atoms with Crippen LogP contribution in [0, 0.1) is 12.7 Å². The lowest BCUT2D eigenvalue weighted by Gasteiger charge is -2.33. The van der Waals surface area contributed by atoms with Crippen molar-refractivity contribution in [3.8, 4) is 0 Å². The van der Waals surface area contributed by atoms with Crippen LogP contribution < -0.4 is 4.90 Å². The SMILES string of the molecule is Cc1cc(N2CCCN(C)CC2C)c([C@@H](C)O)cc1F. The van der Waals surface area contributed by atoms with Gasteiger partial charge in [0.2, 0.25) is 0 Å². The van der Waals surface area contributed by atoms with Crippen molar-refractivity contribution in [1.82, 2.24) is 4.90 Å². The Morgan fingerprint density at radius 3 is 2.70 bits per heavy atom. The predicted octanol–water partition coefficient (Wildman–Crippen LogP) is 2.72. The molecule has 1 saturated heterocycles. The van der Waals surface area contributed by atoms with E-state index in [4.69, 9.17) is 0 Å². The molecule has 1 aliphatic heterocycles. The molecule has 0 radical (unpaired) electrons. The monoisotopic (exact) mass is 280 g/mol. The van der Waals surface area contributed by atoms with Gasteiger partial charge in [-0.3, -0.25) is 0 Å². The normalized spacial score (nSPS) is 22.7. The van der Waals surface area contributed by atoms with Gasteiger partial charge >= 0.3 is 0 Å². The van der Waals surface area contributed by atoms with Gasteiger partial charge in [-0.2, -0.15) is 0 Å². The van der Waals surface area contributed by atoms with E-state index in [9.17, 15) is 9.50 Å². The molecule has 0 bridgehead atoms. The number of likely N-dealkylation sites (N-methyl/N-ethyl adjacent to an activating group) is 1. The Hall–Kier alpha value is -1.13. The Morgan fingerprint density at radius 1 is 1.35 bits per heavy atom. The molecule has 20 heavy (non-hydrogen) atoms. The van der Waals surface area contributed by atoms with Crippen molar-refractivity contribution < 1.29 is 9.50 Å². The van der Waals surface area contributed by atoms with Crippen LogP contribution in [-0.2, 0) is 0 Å². The summed E-state index contributed by atoms with van der Waals surface area (Å²) in [5, 5.41) is 9.96. The van der Waals surface area contributed by atoms with E-state index in [0.29, 0.717) is 17.2 Å². The third-order valence-corrected chi connectivity index (χ3v) is 4.11. The fraction of sp³-hybridized carbons (Fsp3) is 0.625. The summed E-state index contributed by atoms with van der Waals surface area (Å²) in [6.07, 6.45) is 0.421. The van der Waals surface area contributed by atoms with E-state index in [1.165, 1.54) is 6.07 Å². The van der Waals surface area contributed by atoms with Crippen LogP contribution in [0.2, 0.25) is 0 Å². The van der Waals surface area contributed by atoms with E-state index < -0.39 is 6.10 Å². The van der Waals surface area contributed by atoms with Crippen molar-refractivity contribution in [3.05, 3.63) is 29.1 Å². The predicted molar refractivity (Wildman–Crippen MR) is 80.7 cm³/mol. The molecule has 2 rings (SSSR count). The summed E-state index contributed by atoms with van der Waals surface area (Å²) >= 11 is 0. The van der Waals surface area contributed by atoms with Crippen LogP contribution in [0.1, 0.15) is 37.5 Å². The maximum atomic E-state index is 13.8. The average molecular weight is 280 g/mol. The number of halogens is 1. The molecule has 1 aromatic carbocycles. The van der Waals surface area contributed by atoms with Crippen molar-refractivity contribution >= 4 is 5.69 Å². The molecular formula is C16H25FN2O. The van der Waals surface area contributed by atoms with Gasteiger partial charge in [0.25, 0.3) is 0 Å². The Balaban J connectivity index is 2.42. The van der Waals surface area contributed by atoms with E-state index >= 15 is 0 Å². The van der Waals surface area contributed by atoms with Crippen molar-refractivity contribution in [2.75, 3.05) is 31.6 Å². The molecule has 1 fully saturated rings. The fourth-order valence-electron chi connectivity index (χ4n) is 3.00. The van der Waals surface area contributed by atoms with Crippen LogP contribution in [0.4, 0.5) is 10.1 Å². The van der Waals surface area contributed by atoms with Gasteiger partial charge in [0.15, 0.2) is 0 Å². The fourth-order valence-corrected chi connectivity index (χ4v) is 3.00. The highest BCUT2D eigenvalue weighted by molar-refractivity contribution is 5.57. The number of aryl methyl sites for hydroxylation is 1. The molecule has 1 aromatic rings. The third-order valence-electron chi connectivity index (χ3n) is 4.11. The van der Waals surface area contributed by atoms with Crippen LogP contribution in [0.3, 0.4) is 0 Å². The molecule has 0 aliphatic carbocycles. The molecule has 0 spiro atoms. The molecule has 0 saturated carbocycles. The zero-order chi connectivity index (χ0) is 14.9. The first kappa shape index (κ1) is 15.3. The van der Waals surface area contributed by atoms with Crippen molar-refractivity contribution in [2.45, 2.75) is 39.3 Å². The average Bonchev–Trinajstić information content (AvgIpc) is 2.52. The second-order valence-electron chi connectivity index (χ2n) is 5.99. The summed E-state index contributed by atoms with van der Waals surface area (Å²) in [7, 11) is 2.13. The zero-order valence-electron chi connectivity index (χ0n) is 12.9. The largest absolute Gasteiger partial charge is 0.389 e. The second-order valence-corrected chi connectivity index (χ2v) is 5.99. The van der Waals surface area contributed by atoms with Crippen LogP contribution in [-0.4, -0.2) is 42.7 Å². The smallest absolute Gasteiger partial charge is 0.126 e. The van der Waals surface area contributed by atoms with Gasteiger partial charge in [0.05, 0.1) is 6.10 Å². The summed E-state index contributed by atoms with van der Waals surface area (Å²) < 4.78 is 13.8. The van der Waals surface area contributed by atoms with Gasteiger partial charge in [-0.05, 0) is 58.5 Å². The van der Waals surface area contributed by atoms with Gasteiger partial charge in [0, 0.05) is 30.4 Å². The highest BCUT2D eigenvalue weighted by atomic mass is 19.1. The lowest BCUT2D eigenvalue weighted by molar-refractivity contribution is 0.199. The summed E-state index contributed by atoms with van der Waals surface area (Å²) in [5.74, 6) is -0.246. The molecule has 3 nitrogen and oxygen atoms in total. The quantitative estimate of drug-likeness (QED) is 0.902. The Labute approximate surface area is 121 Å². The van der Waals surface area contributed by atoms with Gasteiger partial charge in [-0.1, -0.05) is 0 Å². The minimum Gasteiger partial charge on any atom is -0.389 e. The highest BCUT2D eigenvalue weighted by Crippen LogP contribution is 2.31.